The zero-order valence-corrected chi connectivity index (χ0v) is 13.1. The summed E-state index contributed by atoms with van der Waals surface area (Å²) >= 11 is 0. The molecule has 1 saturated heterocycles. The van der Waals surface area contributed by atoms with Gasteiger partial charge in [0, 0.05) is 6.42 Å². The molecular formula is C17H24N2O2. The fourth-order valence-electron chi connectivity index (χ4n) is 2.32. The van der Waals surface area contributed by atoms with Gasteiger partial charge in [0.25, 0.3) is 0 Å². The number of Topliss-reactive ketones (excluding diaryl/α,β-unsaturated/α-hetero) is 1. The number of rotatable bonds is 5. The van der Waals surface area contributed by atoms with Crippen LogP contribution < -0.4 is 5.43 Å². The second-order valence-corrected chi connectivity index (χ2v) is 6.08. The molecule has 0 aromatic heterocycles. The summed E-state index contributed by atoms with van der Waals surface area (Å²) in [5.74, 6) is 0.0600. The number of hydrazone groups is 1. The average molecular weight is 288 g/mol. The van der Waals surface area contributed by atoms with E-state index in [0.717, 1.165) is 24.9 Å². The quantitative estimate of drug-likeness (QED) is 0.843. The van der Waals surface area contributed by atoms with Gasteiger partial charge in [0.1, 0.15) is 5.71 Å². The van der Waals surface area contributed by atoms with Gasteiger partial charge in [-0.05, 0) is 38.3 Å². The van der Waals surface area contributed by atoms with E-state index in [0.29, 0.717) is 12.1 Å². The summed E-state index contributed by atoms with van der Waals surface area (Å²) in [6, 6.07) is 8.09. The predicted molar refractivity (Wildman–Crippen MR) is 85.8 cm³/mol. The highest BCUT2D eigenvalue weighted by Gasteiger charge is 2.31. The lowest BCUT2D eigenvalue weighted by molar-refractivity contribution is -0.122. The first-order valence-corrected chi connectivity index (χ1v) is 7.59. The second kappa shape index (κ2) is 6.85. The van der Waals surface area contributed by atoms with Crippen molar-refractivity contribution < 1.29 is 9.53 Å². The van der Waals surface area contributed by atoms with Crippen LogP contribution in [0.25, 0.3) is 0 Å². The number of carbonyl (C=O) groups excluding carboxylic acids is 1. The molecule has 0 radical (unpaired) electrons. The second-order valence-electron chi connectivity index (χ2n) is 6.08. The molecule has 1 aromatic carbocycles. The summed E-state index contributed by atoms with van der Waals surface area (Å²) in [5, 5.41) is 4.26. The molecule has 1 aliphatic heterocycles. The van der Waals surface area contributed by atoms with Crippen LogP contribution in [0.5, 0.6) is 0 Å². The van der Waals surface area contributed by atoms with Crippen LogP contribution in [0.15, 0.2) is 29.4 Å². The highest BCUT2D eigenvalue weighted by molar-refractivity contribution is 6.41. The Morgan fingerprint density at radius 3 is 2.81 bits per heavy atom. The molecule has 0 spiro atoms. The molecular weight excluding hydrogens is 264 g/mol. The molecule has 0 atom stereocenters. The zero-order chi connectivity index (χ0) is 15.3. The van der Waals surface area contributed by atoms with E-state index in [1.807, 2.05) is 32.0 Å². The van der Waals surface area contributed by atoms with E-state index >= 15 is 0 Å². The highest BCUT2D eigenvalue weighted by Crippen LogP contribution is 2.21. The lowest BCUT2D eigenvalue weighted by Gasteiger charge is -2.29. The first-order chi connectivity index (χ1) is 10.0. The minimum absolute atomic E-state index is 0.0600. The van der Waals surface area contributed by atoms with Gasteiger partial charge < -0.3 is 4.74 Å². The van der Waals surface area contributed by atoms with Crippen molar-refractivity contribution in [2.24, 2.45) is 5.10 Å². The van der Waals surface area contributed by atoms with Crippen LogP contribution in [0.2, 0.25) is 0 Å². The van der Waals surface area contributed by atoms with Gasteiger partial charge in [0.2, 0.25) is 0 Å². The Labute approximate surface area is 126 Å². The molecule has 0 bridgehead atoms. The van der Waals surface area contributed by atoms with Gasteiger partial charge in [0.15, 0.2) is 5.78 Å². The zero-order valence-electron chi connectivity index (χ0n) is 13.1. The lowest BCUT2D eigenvalue weighted by atomic mass is 9.96. The third-order valence-electron chi connectivity index (χ3n) is 3.64. The van der Waals surface area contributed by atoms with Crippen LogP contribution in [0.4, 0.5) is 5.69 Å². The maximum Gasteiger partial charge on any atom is 0.184 e. The number of carbonyl (C=O) groups is 1. The number of unbranched alkanes of at least 4 members (excludes halogenated alkanes) is 1. The van der Waals surface area contributed by atoms with Crippen molar-refractivity contribution >= 4 is 17.2 Å². The molecule has 1 N–H and O–H groups in total. The molecule has 21 heavy (non-hydrogen) atoms. The Hall–Kier alpha value is -1.68. The van der Waals surface area contributed by atoms with E-state index in [1.54, 1.807) is 0 Å². The molecule has 1 fully saturated rings. The van der Waals surface area contributed by atoms with E-state index in [4.69, 9.17) is 4.74 Å². The van der Waals surface area contributed by atoms with Gasteiger partial charge in [-0.2, -0.15) is 5.10 Å². The van der Waals surface area contributed by atoms with Crippen LogP contribution in [0.3, 0.4) is 0 Å². The van der Waals surface area contributed by atoms with E-state index in [-0.39, 0.29) is 18.0 Å². The number of benzene rings is 1. The molecule has 4 nitrogen and oxygen atoms in total. The maximum absolute atomic E-state index is 12.0. The Morgan fingerprint density at radius 2 is 2.10 bits per heavy atom. The monoisotopic (exact) mass is 288 g/mol. The molecule has 2 rings (SSSR count). The molecule has 1 aliphatic rings. The maximum atomic E-state index is 12.0. The Kier molecular flexibility index (Phi) is 5.12. The van der Waals surface area contributed by atoms with Gasteiger partial charge in [0.05, 0.1) is 17.9 Å². The predicted octanol–water partition coefficient (Wildman–Crippen LogP) is 3.57. The van der Waals surface area contributed by atoms with Gasteiger partial charge in [-0.3, -0.25) is 10.2 Å². The smallest absolute Gasteiger partial charge is 0.184 e. The van der Waals surface area contributed by atoms with E-state index in [9.17, 15) is 4.79 Å². The van der Waals surface area contributed by atoms with Crippen molar-refractivity contribution in [1.29, 1.82) is 0 Å². The van der Waals surface area contributed by atoms with E-state index in [2.05, 4.69) is 23.5 Å². The SMILES string of the molecule is CCCCc1ccccc1N/N=C1\COC(C)(C)CC1=O. The van der Waals surface area contributed by atoms with Crippen LogP contribution in [0.1, 0.15) is 45.6 Å². The number of hydrogen-bond acceptors (Lipinski definition) is 4. The molecule has 0 saturated carbocycles. The fourth-order valence-corrected chi connectivity index (χ4v) is 2.32. The molecule has 0 aliphatic carbocycles. The Bertz CT molecular complexity index is 535. The number of aryl methyl sites for hydroxylation is 1. The van der Waals surface area contributed by atoms with E-state index in [1.165, 1.54) is 5.56 Å². The summed E-state index contributed by atoms with van der Waals surface area (Å²) in [5.41, 5.74) is 5.33. The van der Waals surface area contributed by atoms with Crippen molar-refractivity contribution in [3.63, 3.8) is 0 Å². The summed E-state index contributed by atoms with van der Waals surface area (Å²) in [7, 11) is 0. The molecule has 1 heterocycles. The Balaban J connectivity index is 2.05. The Morgan fingerprint density at radius 1 is 1.33 bits per heavy atom. The van der Waals surface area contributed by atoms with E-state index < -0.39 is 0 Å². The average Bonchev–Trinajstić information content (AvgIpc) is 2.44. The van der Waals surface area contributed by atoms with Crippen molar-refractivity contribution in [1.82, 2.24) is 0 Å². The standard InChI is InChI=1S/C17H24N2O2/c1-4-5-8-13-9-6-7-10-14(13)18-19-15-12-21-17(2,3)11-16(15)20/h6-7,9-10,18H,4-5,8,11-12H2,1-3H3/b19-15+. The molecule has 4 heteroatoms. The number of hydrogen-bond donors (Lipinski definition) is 1. The molecule has 1 aromatic rings. The first kappa shape index (κ1) is 15.7. The number of anilines is 1. The van der Waals surface area contributed by atoms with Gasteiger partial charge in [-0.25, -0.2) is 0 Å². The number of ketones is 1. The number of ether oxygens (including phenoxy) is 1. The largest absolute Gasteiger partial charge is 0.369 e. The normalized spacial score (nSPS) is 19.8. The number of nitrogens with one attached hydrogen (secondary N) is 1. The van der Waals surface area contributed by atoms with Crippen molar-refractivity contribution in [3.8, 4) is 0 Å². The molecule has 114 valence electrons. The first-order valence-electron chi connectivity index (χ1n) is 7.59. The fraction of sp³-hybridized carbons (Fsp3) is 0.529. The van der Waals surface area contributed by atoms with Crippen LogP contribution >= 0.6 is 0 Å². The highest BCUT2D eigenvalue weighted by atomic mass is 16.5. The van der Waals surface area contributed by atoms with Crippen molar-refractivity contribution in [2.45, 2.75) is 52.1 Å². The number of para-hydroxylation sites is 1. The van der Waals surface area contributed by atoms with Gasteiger partial charge in [-0.15, -0.1) is 0 Å². The van der Waals surface area contributed by atoms with Crippen LogP contribution in [-0.2, 0) is 16.0 Å². The van der Waals surface area contributed by atoms with Gasteiger partial charge in [-0.1, -0.05) is 31.5 Å². The molecule has 0 unspecified atom stereocenters. The minimum Gasteiger partial charge on any atom is -0.369 e. The van der Waals surface area contributed by atoms with Crippen LogP contribution in [-0.4, -0.2) is 23.7 Å². The summed E-state index contributed by atoms with van der Waals surface area (Å²) in [6.45, 7) is 6.30. The van der Waals surface area contributed by atoms with Crippen molar-refractivity contribution in [2.75, 3.05) is 12.0 Å². The topological polar surface area (TPSA) is 50.7 Å². The lowest BCUT2D eigenvalue weighted by Crippen LogP contribution is -2.40. The van der Waals surface area contributed by atoms with Crippen molar-refractivity contribution in [3.05, 3.63) is 29.8 Å². The summed E-state index contributed by atoms with van der Waals surface area (Å²) in [6.07, 6.45) is 3.70. The summed E-state index contributed by atoms with van der Waals surface area (Å²) < 4.78 is 5.64. The van der Waals surface area contributed by atoms with Crippen LogP contribution in [0, 0.1) is 0 Å². The molecule has 0 amide bonds. The van der Waals surface area contributed by atoms with Gasteiger partial charge >= 0.3 is 0 Å². The third-order valence-corrected chi connectivity index (χ3v) is 3.64. The summed E-state index contributed by atoms with van der Waals surface area (Å²) in [4.78, 5) is 12.0. The third kappa shape index (κ3) is 4.39. The number of nitrogens with zero attached hydrogens (tertiary/aromatic N) is 1. The minimum atomic E-state index is -0.380.